The molecule has 1 aliphatic heterocycles. The lowest BCUT2D eigenvalue weighted by molar-refractivity contribution is -0.137. The van der Waals surface area contributed by atoms with Crippen LogP contribution in [0.25, 0.3) is 0 Å². The van der Waals surface area contributed by atoms with E-state index in [1.54, 1.807) is 17.2 Å². The van der Waals surface area contributed by atoms with Gasteiger partial charge in [-0.1, -0.05) is 12.1 Å². The zero-order chi connectivity index (χ0) is 19.5. The summed E-state index contributed by atoms with van der Waals surface area (Å²) in [6.07, 6.45) is -1.96. The summed E-state index contributed by atoms with van der Waals surface area (Å²) in [6.45, 7) is 0.944. The highest BCUT2D eigenvalue weighted by atomic mass is 19.4. The molecule has 2 N–H and O–H groups in total. The number of alkyl halides is 3. The Kier molecular flexibility index (Phi) is 5.46. The Morgan fingerprint density at radius 1 is 1.22 bits per heavy atom. The number of carbonyl (C=O) groups excluding carboxylic acids is 1. The Hall–Kier alpha value is -2.48. The third-order valence-electron chi connectivity index (χ3n) is 4.83. The largest absolute Gasteiger partial charge is 0.469 e. The summed E-state index contributed by atoms with van der Waals surface area (Å²) in [6, 6.07) is 8.09. The molecule has 2 aromatic rings. The predicted molar refractivity (Wildman–Crippen MR) is 92.0 cm³/mol. The minimum absolute atomic E-state index is 0.180. The number of likely N-dealkylation sites (tertiary alicyclic amines) is 1. The quantitative estimate of drug-likeness (QED) is 0.850. The van der Waals surface area contributed by atoms with Crippen molar-refractivity contribution in [2.45, 2.75) is 31.0 Å². The topological polar surface area (TPSA) is 65.7 Å². The van der Waals surface area contributed by atoms with Crippen LogP contribution >= 0.6 is 0 Å². The molecule has 8 heteroatoms. The number of urea groups is 1. The number of aliphatic hydroxyl groups is 1. The van der Waals surface area contributed by atoms with Crippen molar-refractivity contribution in [3.63, 3.8) is 0 Å². The Morgan fingerprint density at radius 2 is 1.96 bits per heavy atom. The van der Waals surface area contributed by atoms with E-state index in [4.69, 9.17) is 4.42 Å². The lowest BCUT2D eigenvalue weighted by Gasteiger charge is -2.38. The first-order valence-corrected chi connectivity index (χ1v) is 8.73. The summed E-state index contributed by atoms with van der Waals surface area (Å²) < 4.78 is 43.9. The molecule has 1 saturated heterocycles. The van der Waals surface area contributed by atoms with Gasteiger partial charge >= 0.3 is 12.2 Å². The molecule has 0 spiro atoms. The molecule has 2 amide bonds. The second kappa shape index (κ2) is 7.64. The highest BCUT2D eigenvalue weighted by Crippen LogP contribution is 2.36. The summed E-state index contributed by atoms with van der Waals surface area (Å²) in [4.78, 5) is 13.8. The van der Waals surface area contributed by atoms with Crippen LogP contribution in [0.15, 0.2) is 47.1 Å². The monoisotopic (exact) mass is 382 g/mol. The van der Waals surface area contributed by atoms with Gasteiger partial charge in [-0.2, -0.15) is 13.2 Å². The van der Waals surface area contributed by atoms with Crippen molar-refractivity contribution in [1.29, 1.82) is 0 Å². The number of furan rings is 1. The Labute approximate surface area is 154 Å². The van der Waals surface area contributed by atoms with Crippen LogP contribution in [-0.2, 0) is 18.2 Å². The third kappa shape index (κ3) is 4.63. The molecule has 1 aromatic carbocycles. The molecule has 0 aliphatic carbocycles. The lowest BCUT2D eigenvalue weighted by Crippen LogP contribution is -2.49. The normalized spacial score (nSPS) is 17.0. The van der Waals surface area contributed by atoms with Crippen LogP contribution in [0.3, 0.4) is 0 Å². The minimum Gasteiger partial charge on any atom is -0.469 e. The standard InChI is InChI=1S/C19H21F3N2O3/c20-19(21,22)15-4-1-3-14(13-15)18(26)7-10-24(11-8-18)17(25)23-9-6-16-5-2-12-27-16/h1-5,12-13,26H,6-11H2,(H,23,25). The van der Waals surface area contributed by atoms with Crippen LogP contribution in [0.5, 0.6) is 0 Å². The highest BCUT2D eigenvalue weighted by molar-refractivity contribution is 5.74. The van der Waals surface area contributed by atoms with Gasteiger partial charge in [0, 0.05) is 26.1 Å². The SMILES string of the molecule is O=C(NCCc1ccco1)N1CCC(O)(c2cccc(C(F)(F)F)c2)CC1. The first kappa shape index (κ1) is 19.3. The maximum absolute atomic E-state index is 12.9. The fraction of sp³-hybridized carbons (Fsp3) is 0.421. The van der Waals surface area contributed by atoms with Crippen LogP contribution in [0.2, 0.25) is 0 Å². The van der Waals surface area contributed by atoms with Crippen molar-refractivity contribution in [1.82, 2.24) is 10.2 Å². The molecule has 0 atom stereocenters. The van der Waals surface area contributed by atoms with Crippen molar-refractivity contribution < 1.29 is 27.5 Å². The molecule has 0 saturated carbocycles. The number of benzene rings is 1. The van der Waals surface area contributed by atoms with Crippen molar-refractivity contribution in [3.8, 4) is 0 Å². The number of nitrogens with one attached hydrogen (secondary N) is 1. The molecule has 1 fully saturated rings. The number of nitrogens with zero attached hydrogens (tertiary/aromatic N) is 1. The zero-order valence-electron chi connectivity index (χ0n) is 14.6. The van der Waals surface area contributed by atoms with Crippen LogP contribution < -0.4 is 5.32 Å². The van der Waals surface area contributed by atoms with Crippen molar-refractivity contribution in [2.75, 3.05) is 19.6 Å². The van der Waals surface area contributed by atoms with Gasteiger partial charge in [0.1, 0.15) is 5.76 Å². The summed E-state index contributed by atoms with van der Waals surface area (Å²) in [5.41, 5.74) is -1.92. The first-order chi connectivity index (χ1) is 12.8. The van der Waals surface area contributed by atoms with Gasteiger partial charge in [0.05, 0.1) is 17.4 Å². The van der Waals surface area contributed by atoms with E-state index >= 15 is 0 Å². The van der Waals surface area contributed by atoms with E-state index in [0.717, 1.165) is 17.9 Å². The van der Waals surface area contributed by atoms with Crippen LogP contribution in [0, 0.1) is 0 Å². The van der Waals surface area contributed by atoms with E-state index in [-0.39, 0.29) is 37.5 Å². The average Bonchev–Trinajstić information content (AvgIpc) is 3.15. The van der Waals surface area contributed by atoms with E-state index < -0.39 is 17.3 Å². The van der Waals surface area contributed by atoms with E-state index in [9.17, 15) is 23.1 Å². The Bertz CT molecular complexity index is 767. The minimum atomic E-state index is -4.46. The van der Waals surface area contributed by atoms with Crippen molar-refractivity contribution >= 4 is 6.03 Å². The van der Waals surface area contributed by atoms with Gasteiger partial charge in [0.2, 0.25) is 0 Å². The fourth-order valence-corrected chi connectivity index (χ4v) is 3.21. The smallest absolute Gasteiger partial charge is 0.416 e. The summed E-state index contributed by atoms with van der Waals surface area (Å²) in [5, 5.41) is 13.6. The molecule has 146 valence electrons. The predicted octanol–water partition coefficient (Wildman–Crippen LogP) is 3.53. The van der Waals surface area contributed by atoms with Crippen LogP contribution in [0.1, 0.15) is 29.7 Å². The lowest BCUT2D eigenvalue weighted by atomic mass is 9.84. The van der Waals surface area contributed by atoms with Gasteiger partial charge in [-0.3, -0.25) is 0 Å². The number of piperidine rings is 1. The summed E-state index contributed by atoms with van der Waals surface area (Å²) in [5.74, 6) is 0.771. The van der Waals surface area contributed by atoms with Gasteiger partial charge in [0.25, 0.3) is 0 Å². The molecule has 0 radical (unpaired) electrons. The second-order valence-electron chi connectivity index (χ2n) is 6.66. The molecule has 5 nitrogen and oxygen atoms in total. The molecular formula is C19H21F3N2O3. The molecule has 1 aliphatic rings. The molecule has 27 heavy (non-hydrogen) atoms. The zero-order valence-corrected chi connectivity index (χ0v) is 14.6. The van der Waals surface area contributed by atoms with E-state index in [2.05, 4.69) is 5.32 Å². The summed E-state index contributed by atoms with van der Waals surface area (Å²) in [7, 11) is 0. The number of rotatable bonds is 4. The third-order valence-corrected chi connectivity index (χ3v) is 4.83. The Morgan fingerprint density at radius 3 is 2.59 bits per heavy atom. The van der Waals surface area contributed by atoms with Gasteiger partial charge in [-0.25, -0.2) is 4.79 Å². The maximum Gasteiger partial charge on any atom is 0.416 e. The van der Waals surface area contributed by atoms with Gasteiger partial charge in [0.15, 0.2) is 0 Å². The van der Waals surface area contributed by atoms with E-state index in [0.29, 0.717) is 13.0 Å². The number of halogens is 3. The van der Waals surface area contributed by atoms with Crippen LogP contribution in [-0.4, -0.2) is 35.7 Å². The number of hydrogen-bond donors (Lipinski definition) is 2. The summed E-state index contributed by atoms with van der Waals surface area (Å²) >= 11 is 0. The molecule has 3 rings (SSSR count). The fourth-order valence-electron chi connectivity index (χ4n) is 3.21. The molecule has 0 bridgehead atoms. The molecular weight excluding hydrogens is 361 g/mol. The number of amides is 2. The van der Waals surface area contributed by atoms with Crippen molar-refractivity contribution in [3.05, 3.63) is 59.5 Å². The number of hydrogen-bond acceptors (Lipinski definition) is 3. The average molecular weight is 382 g/mol. The molecule has 0 unspecified atom stereocenters. The highest BCUT2D eigenvalue weighted by Gasteiger charge is 2.37. The second-order valence-corrected chi connectivity index (χ2v) is 6.66. The van der Waals surface area contributed by atoms with Crippen molar-refractivity contribution in [2.24, 2.45) is 0 Å². The maximum atomic E-state index is 12.9. The molecule has 1 aromatic heterocycles. The van der Waals surface area contributed by atoms with Gasteiger partial charge in [-0.05, 0) is 42.7 Å². The van der Waals surface area contributed by atoms with Gasteiger partial charge in [-0.15, -0.1) is 0 Å². The van der Waals surface area contributed by atoms with Gasteiger partial charge < -0.3 is 19.7 Å². The Balaban J connectivity index is 1.55. The first-order valence-electron chi connectivity index (χ1n) is 8.73. The van der Waals surface area contributed by atoms with E-state index in [1.807, 2.05) is 6.07 Å². The number of carbonyl (C=O) groups is 1. The molecule has 2 heterocycles. The van der Waals surface area contributed by atoms with Crippen LogP contribution in [0.4, 0.5) is 18.0 Å². The van der Waals surface area contributed by atoms with E-state index in [1.165, 1.54) is 12.1 Å².